The molecule has 1 amide bonds. The first-order valence-electron chi connectivity index (χ1n) is 7.62. The standard InChI is InChI=1S/C15H28N2O/c1-11(2)16-14-8-9-17(15(14)18)10-13-7-5-4-6-12(13)3/h11-14,16H,4-10H2,1-3H3. The molecule has 0 bridgehead atoms. The highest BCUT2D eigenvalue weighted by Crippen LogP contribution is 2.31. The van der Waals surface area contributed by atoms with Crippen LogP contribution in [0.4, 0.5) is 0 Å². The minimum absolute atomic E-state index is 0.0731. The second-order valence-electron chi connectivity index (χ2n) is 6.47. The Morgan fingerprint density at radius 3 is 2.67 bits per heavy atom. The number of rotatable bonds is 4. The lowest BCUT2D eigenvalue weighted by atomic mass is 9.80. The summed E-state index contributed by atoms with van der Waals surface area (Å²) in [6, 6.07) is 0.469. The summed E-state index contributed by atoms with van der Waals surface area (Å²) in [6.45, 7) is 8.52. The first-order valence-corrected chi connectivity index (χ1v) is 7.62. The van der Waals surface area contributed by atoms with Gasteiger partial charge in [-0.1, -0.05) is 40.0 Å². The van der Waals surface area contributed by atoms with Crippen molar-refractivity contribution in [2.24, 2.45) is 11.8 Å². The van der Waals surface area contributed by atoms with Crippen molar-refractivity contribution < 1.29 is 4.79 Å². The summed E-state index contributed by atoms with van der Waals surface area (Å²) in [6.07, 6.45) is 6.37. The molecule has 104 valence electrons. The van der Waals surface area contributed by atoms with Gasteiger partial charge in [-0.2, -0.15) is 0 Å². The van der Waals surface area contributed by atoms with Gasteiger partial charge in [0.1, 0.15) is 0 Å². The van der Waals surface area contributed by atoms with E-state index in [1.165, 1.54) is 25.7 Å². The van der Waals surface area contributed by atoms with E-state index in [4.69, 9.17) is 0 Å². The molecule has 1 aliphatic carbocycles. The molecule has 1 saturated carbocycles. The summed E-state index contributed by atoms with van der Waals surface area (Å²) in [4.78, 5) is 14.4. The van der Waals surface area contributed by atoms with Gasteiger partial charge >= 0.3 is 0 Å². The average molecular weight is 252 g/mol. The lowest BCUT2D eigenvalue weighted by molar-refractivity contribution is -0.130. The third kappa shape index (κ3) is 3.25. The molecule has 0 aromatic rings. The van der Waals surface area contributed by atoms with Crippen molar-refractivity contribution in [2.75, 3.05) is 13.1 Å². The third-order valence-corrected chi connectivity index (χ3v) is 4.58. The van der Waals surface area contributed by atoms with Gasteiger partial charge in [0.15, 0.2) is 0 Å². The fourth-order valence-electron chi connectivity index (χ4n) is 3.42. The van der Waals surface area contributed by atoms with Crippen LogP contribution in [0.1, 0.15) is 52.9 Å². The predicted octanol–water partition coefficient (Wildman–Crippen LogP) is 2.41. The second kappa shape index (κ2) is 6.05. The summed E-state index contributed by atoms with van der Waals surface area (Å²) in [7, 11) is 0. The minimum atomic E-state index is 0.0731. The molecule has 2 fully saturated rings. The molecule has 1 saturated heterocycles. The van der Waals surface area contributed by atoms with Gasteiger partial charge in [0.2, 0.25) is 5.91 Å². The van der Waals surface area contributed by atoms with Crippen molar-refractivity contribution in [2.45, 2.75) is 65.0 Å². The Morgan fingerprint density at radius 1 is 1.28 bits per heavy atom. The third-order valence-electron chi connectivity index (χ3n) is 4.58. The molecule has 3 heteroatoms. The van der Waals surface area contributed by atoms with E-state index in [1.807, 2.05) is 0 Å². The first-order chi connectivity index (χ1) is 8.58. The summed E-state index contributed by atoms with van der Waals surface area (Å²) in [5.74, 6) is 1.87. The molecular weight excluding hydrogens is 224 g/mol. The normalized spacial score (nSPS) is 33.4. The molecule has 2 aliphatic rings. The average Bonchev–Trinajstić information content (AvgIpc) is 2.64. The minimum Gasteiger partial charge on any atom is -0.341 e. The van der Waals surface area contributed by atoms with Crippen LogP contribution in [-0.4, -0.2) is 36.0 Å². The zero-order valence-corrected chi connectivity index (χ0v) is 12.1. The van der Waals surface area contributed by atoms with Gasteiger partial charge in [-0.05, 0) is 24.7 Å². The summed E-state index contributed by atoms with van der Waals surface area (Å²) < 4.78 is 0. The van der Waals surface area contributed by atoms with E-state index in [0.29, 0.717) is 11.9 Å². The van der Waals surface area contributed by atoms with Crippen LogP contribution in [0.5, 0.6) is 0 Å². The van der Waals surface area contributed by atoms with Gasteiger partial charge in [0, 0.05) is 19.1 Å². The number of hydrogen-bond donors (Lipinski definition) is 1. The monoisotopic (exact) mass is 252 g/mol. The van der Waals surface area contributed by atoms with E-state index in [0.717, 1.165) is 31.3 Å². The van der Waals surface area contributed by atoms with Crippen molar-refractivity contribution in [3.8, 4) is 0 Å². The molecule has 3 nitrogen and oxygen atoms in total. The lowest BCUT2D eigenvalue weighted by Crippen LogP contribution is -2.43. The summed E-state index contributed by atoms with van der Waals surface area (Å²) in [5.41, 5.74) is 0. The van der Waals surface area contributed by atoms with Crippen molar-refractivity contribution in [3.05, 3.63) is 0 Å². The van der Waals surface area contributed by atoms with Crippen LogP contribution in [0.2, 0.25) is 0 Å². The largest absolute Gasteiger partial charge is 0.341 e. The Hall–Kier alpha value is -0.570. The maximum absolute atomic E-state index is 12.3. The Morgan fingerprint density at radius 2 is 2.00 bits per heavy atom. The SMILES string of the molecule is CC(C)NC1CCN(CC2CCCCC2C)C1=O. The first kappa shape index (κ1) is 13.9. The Labute approximate surface area is 111 Å². The lowest BCUT2D eigenvalue weighted by Gasteiger charge is -2.32. The number of nitrogens with zero attached hydrogens (tertiary/aromatic N) is 1. The molecule has 0 spiro atoms. The van der Waals surface area contributed by atoms with Crippen molar-refractivity contribution in [1.29, 1.82) is 0 Å². The highest BCUT2D eigenvalue weighted by Gasteiger charge is 2.34. The smallest absolute Gasteiger partial charge is 0.239 e. The molecule has 1 N–H and O–H groups in total. The quantitative estimate of drug-likeness (QED) is 0.833. The maximum atomic E-state index is 12.3. The number of carbonyl (C=O) groups excluding carboxylic acids is 1. The molecular formula is C15H28N2O. The van der Waals surface area contributed by atoms with Crippen LogP contribution in [-0.2, 0) is 4.79 Å². The van der Waals surface area contributed by atoms with E-state index < -0.39 is 0 Å². The topological polar surface area (TPSA) is 32.3 Å². The number of nitrogens with one attached hydrogen (secondary N) is 1. The molecule has 2 rings (SSSR count). The van der Waals surface area contributed by atoms with Crippen LogP contribution in [0, 0.1) is 11.8 Å². The van der Waals surface area contributed by atoms with Crippen LogP contribution in [0.25, 0.3) is 0 Å². The fourth-order valence-corrected chi connectivity index (χ4v) is 3.42. The Balaban J connectivity index is 1.85. The van der Waals surface area contributed by atoms with E-state index in [-0.39, 0.29) is 6.04 Å². The molecule has 0 aromatic carbocycles. The van der Waals surface area contributed by atoms with Gasteiger partial charge < -0.3 is 10.2 Å². The maximum Gasteiger partial charge on any atom is 0.239 e. The second-order valence-corrected chi connectivity index (χ2v) is 6.47. The highest BCUT2D eigenvalue weighted by molar-refractivity contribution is 5.84. The molecule has 3 atom stereocenters. The predicted molar refractivity (Wildman–Crippen MR) is 74.4 cm³/mol. The molecule has 18 heavy (non-hydrogen) atoms. The Kier molecular flexibility index (Phi) is 4.66. The fraction of sp³-hybridized carbons (Fsp3) is 0.933. The van der Waals surface area contributed by atoms with E-state index in [9.17, 15) is 4.79 Å². The Bertz CT molecular complexity index is 290. The zero-order valence-electron chi connectivity index (χ0n) is 12.1. The van der Waals surface area contributed by atoms with Crippen molar-refractivity contribution in [3.63, 3.8) is 0 Å². The molecule has 0 aromatic heterocycles. The van der Waals surface area contributed by atoms with E-state index in [2.05, 4.69) is 31.0 Å². The molecule has 0 radical (unpaired) electrons. The van der Waals surface area contributed by atoms with Crippen LogP contribution in [0.3, 0.4) is 0 Å². The van der Waals surface area contributed by atoms with Gasteiger partial charge in [-0.15, -0.1) is 0 Å². The highest BCUT2D eigenvalue weighted by atomic mass is 16.2. The summed E-state index contributed by atoms with van der Waals surface area (Å²) >= 11 is 0. The number of likely N-dealkylation sites (tertiary alicyclic amines) is 1. The van der Waals surface area contributed by atoms with Crippen LogP contribution in [0.15, 0.2) is 0 Å². The van der Waals surface area contributed by atoms with Crippen molar-refractivity contribution >= 4 is 5.91 Å². The van der Waals surface area contributed by atoms with Crippen LogP contribution >= 0.6 is 0 Å². The number of amides is 1. The van der Waals surface area contributed by atoms with E-state index >= 15 is 0 Å². The number of hydrogen-bond acceptors (Lipinski definition) is 2. The zero-order chi connectivity index (χ0) is 13.1. The molecule has 1 aliphatic heterocycles. The van der Waals surface area contributed by atoms with Gasteiger partial charge in [0.25, 0.3) is 0 Å². The number of carbonyl (C=O) groups is 1. The summed E-state index contributed by atoms with van der Waals surface area (Å²) in [5, 5.41) is 3.38. The van der Waals surface area contributed by atoms with Crippen LogP contribution < -0.4 is 5.32 Å². The van der Waals surface area contributed by atoms with Gasteiger partial charge in [-0.3, -0.25) is 4.79 Å². The molecule has 1 heterocycles. The van der Waals surface area contributed by atoms with Gasteiger partial charge in [-0.25, -0.2) is 0 Å². The van der Waals surface area contributed by atoms with E-state index in [1.54, 1.807) is 0 Å². The van der Waals surface area contributed by atoms with Crippen molar-refractivity contribution in [1.82, 2.24) is 10.2 Å². The van der Waals surface area contributed by atoms with Gasteiger partial charge in [0.05, 0.1) is 6.04 Å². The molecule has 3 unspecified atom stereocenters.